The van der Waals surface area contributed by atoms with Gasteiger partial charge in [0.25, 0.3) is 0 Å². The summed E-state index contributed by atoms with van der Waals surface area (Å²) in [6, 6.07) is 12.3. The van der Waals surface area contributed by atoms with Gasteiger partial charge in [-0.1, -0.05) is 6.07 Å². The minimum absolute atomic E-state index is 0.0915. The lowest BCUT2D eigenvalue weighted by Crippen LogP contribution is -2.65. The summed E-state index contributed by atoms with van der Waals surface area (Å²) in [5, 5.41) is 159. The van der Waals surface area contributed by atoms with Gasteiger partial charge in [0.1, 0.15) is 128 Å². The van der Waals surface area contributed by atoms with Crippen molar-refractivity contribution in [2.24, 2.45) is 0 Å². The normalized spacial score (nSPS) is 33.8. The van der Waals surface area contributed by atoms with Gasteiger partial charge in [-0.3, -0.25) is 14.4 Å². The Morgan fingerprint density at radius 3 is 1.73 bits per heavy atom. The molecule has 0 aromatic heterocycles. The van der Waals surface area contributed by atoms with Gasteiger partial charge >= 0.3 is 17.9 Å². The zero-order valence-corrected chi connectivity index (χ0v) is 43.3. The Morgan fingerprint density at radius 2 is 1.12 bits per heavy atom. The van der Waals surface area contributed by atoms with Crippen molar-refractivity contribution in [3.05, 3.63) is 82.5 Å². The smallest absolute Gasteiger partial charge is 0.330 e. The van der Waals surface area contributed by atoms with Crippen LogP contribution in [0.5, 0.6) is 28.7 Å². The van der Waals surface area contributed by atoms with Crippen LogP contribution < -0.4 is 19.6 Å². The highest BCUT2D eigenvalue weighted by molar-refractivity contribution is 5.90. The lowest BCUT2D eigenvalue weighted by atomic mass is 9.97. The lowest BCUT2D eigenvalue weighted by Gasteiger charge is -2.46. The highest BCUT2D eigenvalue weighted by Gasteiger charge is 2.54. The van der Waals surface area contributed by atoms with E-state index in [2.05, 4.69) is 0 Å². The average Bonchev–Trinajstić information content (AvgIpc) is 3.65. The molecule has 20 atom stereocenters. The van der Waals surface area contributed by atoms with Gasteiger partial charge in [-0.2, -0.15) is 0 Å². The Kier molecular flexibility index (Phi) is 20.2. The summed E-state index contributed by atoms with van der Waals surface area (Å²) in [6.45, 7) is -3.60. The molecule has 15 N–H and O–H groups in total. The van der Waals surface area contributed by atoms with Crippen LogP contribution in [0.15, 0.2) is 76.0 Å². The van der Waals surface area contributed by atoms with Crippen LogP contribution in [-0.4, -0.2) is 251 Å². The number of benzene rings is 3. The molecule has 83 heavy (non-hydrogen) atoms. The summed E-state index contributed by atoms with van der Waals surface area (Å²) in [5.74, 6) is -5.81. The Hall–Kier alpha value is -6.70. The zero-order valence-electron chi connectivity index (χ0n) is 43.3. The van der Waals surface area contributed by atoms with Crippen molar-refractivity contribution in [3.8, 4) is 51.4 Å². The summed E-state index contributed by atoms with van der Waals surface area (Å²) in [6.07, 6.45) is -38.0. The van der Waals surface area contributed by atoms with Gasteiger partial charge in [-0.05, 0) is 54.1 Å². The number of aliphatic hydroxyl groups excluding tert-OH is 12. The summed E-state index contributed by atoms with van der Waals surface area (Å²) < 4.78 is 68.8. The third-order valence-corrected chi connectivity index (χ3v) is 13.7. The van der Waals surface area contributed by atoms with Crippen molar-refractivity contribution in [1.29, 1.82) is 0 Å². The number of carbonyl (C=O) groups excluding carboxylic acids is 2. The Morgan fingerprint density at radius 1 is 0.566 bits per heavy atom. The second kappa shape index (κ2) is 26.9. The number of carbonyl (C=O) groups is 3. The molecule has 0 unspecified atom stereocenters. The molecule has 2 aromatic carbocycles. The predicted molar refractivity (Wildman–Crippen MR) is 266 cm³/mol. The molecule has 0 spiro atoms. The highest BCUT2D eigenvalue weighted by atomic mass is 16.8. The van der Waals surface area contributed by atoms with Crippen LogP contribution in [-0.2, 0) is 52.3 Å². The fourth-order valence-electron chi connectivity index (χ4n) is 9.19. The Labute approximate surface area is 467 Å². The van der Waals surface area contributed by atoms with Crippen LogP contribution in [0.1, 0.15) is 12.0 Å². The minimum Gasteiger partial charge on any atom is -0.508 e. The van der Waals surface area contributed by atoms with Gasteiger partial charge in [0, 0.05) is 23.8 Å². The van der Waals surface area contributed by atoms with Crippen LogP contribution in [0.2, 0.25) is 0 Å². The van der Waals surface area contributed by atoms with E-state index in [1.807, 2.05) is 0 Å². The number of phenolic OH excluding ortho intramolecular Hbond substituents is 2. The number of rotatable bonds is 20. The van der Waals surface area contributed by atoms with Crippen LogP contribution in [0.3, 0.4) is 0 Å². The molecular formula is C52H60O31. The number of hydrogen-bond donors (Lipinski definition) is 15. The summed E-state index contributed by atoms with van der Waals surface area (Å²) in [4.78, 5) is 50.2. The molecule has 2 aromatic rings. The number of hydrogen-bond acceptors (Lipinski definition) is 30. The molecule has 1 aliphatic carbocycles. The molecule has 0 bridgehead atoms. The van der Waals surface area contributed by atoms with Crippen LogP contribution >= 0.6 is 0 Å². The van der Waals surface area contributed by atoms with Crippen molar-refractivity contribution in [3.63, 3.8) is 0 Å². The SMILES string of the molecule is COc1cc(C=CC(=O)OC[C@H]2O[C@@H](Oc3cc4c(O[C@@H]5O[C@H](COC(=O)CC(=O)O)[C@@H](O[C@@H]6O[C@H](CO)[C@@H](O)[C@H](O)[C@H]6O)[C@H](O)[C@H]5O)cc(=O)cc-4oc3-c3ccc(O)cc3)[C@H](O[C@@H]3O[C@H](CO)[C@@H](O)[C@H](O)[C@H]3O)[C@@H](O)[C@@H]2O)ccc1O. The molecule has 5 aliphatic heterocycles. The number of methoxy groups -OCH3 is 1. The molecule has 5 heterocycles. The first-order valence-electron chi connectivity index (χ1n) is 25.3. The van der Waals surface area contributed by atoms with Gasteiger partial charge < -0.3 is 133 Å². The quantitative estimate of drug-likeness (QED) is 0.0224. The molecule has 31 nitrogen and oxygen atoms in total. The average molecular weight is 1180 g/mol. The van der Waals surface area contributed by atoms with E-state index in [0.717, 1.165) is 24.3 Å². The maximum absolute atomic E-state index is 13.4. The van der Waals surface area contributed by atoms with E-state index in [1.54, 1.807) is 0 Å². The topological polar surface area (TPSA) is 486 Å². The summed E-state index contributed by atoms with van der Waals surface area (Å²) >= 11 is 0. The molecular weight excluding hydrogens is 1120 g/mol. The van der Waals surface area contributed by atoms with E-state index in [9.17, 15) is 90.7 Å². The number of aromatic hydroxyl groups is 2. The minimum atomic E-state index is -2.23. The zero-order chi connectivity index (χ0) is 60.1. The molecule has 8 rings (SSSR count). The summed E-state index contributed by atoms with van der Waals surface area (Å²) in [5.41, 5.74) is -0.568. The Balaban J connectivity index is 1.14. The van der Waals surface area contributed by atoms with E-state index in [1.165, 1.54) is 55.7 Å². The second-order valence-corrected chi connectivity index (χ2v) is 19.3. The summed E-state index contributed by atoms with van der Waals surface area (Å²) in [7, 11) is 1.31. The first-order valence-corrected chi connectivity index (χ1v) is 25.3. The van der Waals surface area contributed by atoms with E-state index in [-0.39, 0.29) is 39.9 Å². The third-order valence-electron chi connectivity index (χ3n) is 13.7. The molecule has 0 amide bonds. The number of esters is 2. The first kappa shape index (κ1) is 62.3. The van der Waals surface area contributed by atoms with Crippen molar-refractivity contribution in [2.45, 2.75) is 129 Å². The van der Waals surface area contributed by atoms with Crippen molar-refractivity contribution in [2.75, 3.05) is 33.5 Å². The van der Waals surface area contributed by atoms with Crippen LogP contribution in [0, 0.1) is 0 Å². The maximum atomic E-state index is 13.4. The number of fused-ring (bicyclic) bond motifs is 1. The molecule has 0 saturated carbocycles. The van der Waals surface area contributed by atoms with Gasteiger partial charge in [0.15, 0.2) is 47.1 Å². The van der Waals surface area contributed by atoms with Crippen molar-refractivity contribution >= 4 is 24.0 Å². The van der Waals surface area contributed by atoms with E-state index >= 15 is 0 Å². The fourth-order valence-corrected chi connectivity index (χ4v) is 9.19. The number of phenols is 2. The monoisotopic (exact) mass is 1180 g/mol. The Bertz CT molecular complexity index is 2910. The van der Waals surface area contributed by atoms with Crippen molar-refractivity contribution in [1.82, 2.24) is 0 Å². The second-order valence-electron chi connectivity index (χ2n) is 19.3. The number of carboxylic acids is 1. The lowest BCUT2D eigenvalue weighted by molar-refractivity contribution is -0.357. The van der Waals surface area contributed by atoms with E-state index in [4.69, 9.17) is 61.6 Å². The molecule has 6 aliphatic rings. The standard InChI is InChI=1S/C52H60O31/c1-72-27-10-19(2-8-24(27)57)3-9-34(60)73-17-31-38(64)41(67)48(83-51-44(70)40(66)37(63)30(16-54)79-51)52(80-31)77-28-13-23-25(75-46(28)20-4-6-21(55)7-5-20)11-22(56)12-26(23)76-49-45(71)42(68)47(32(81-49)18-74-35(61)14-33(58)59)82-50-43(69)39(65)36(62)29(15-53)78-50/h2-13,29-32,36-45,47-55,57,62-71H,14-18H2,1H3,(H,58,59)/t29-,30-,31-,32-,36-,37-,38-,39+,40+,41+,42-,43-,44-,45-,47-,48-,49-,50+,51+,52-/m1/s1. The van der Waals surface area contributed by atoms with Gasteiger partial charge in [0.2, 0.25) is 12.6 Å². The number of carboxylic acid groups (broad SMARTS) is 1. The largest absolute Gasteiger partial charge is 0.508 e. The molecule has 0 radical (unpaired) electrons. The number of ether oxygens (including phenoxy) is 11. The molecule has 4 fully saturated rings. The first-order chi connectivity index (χ1) is 39.5. The predicted octanol–water partition coefficient (Wildman–Crippen LogP) is -4.87. The highest BCUT2D eigenvalue weighted by Crippen LogP contribution is 2.44. The van der Waals surface area contributed by atoms with Crippen LogP contribution in [0.4, 0.5) is 0 Å². The maximum Gasteiger partial charge on any atom is 0.330 e. The number of aliphatic carboxylic acids is 1. The van der Waals surface area contributed by atoms with E-state index < -0.39 is 191 Å². The third kappa shape index (κ3) is 14.1. The number of aliphatic hydroxyl groups is 12. The fraction of sp³-hybridized carbons (Fsp3) is 0.500. The van der Waals surface area contributed by atoms with Crippen molar-refractivity contribution < 1.29 is 148 Å². The van der Waals surface area contributed by atoms with Gasteiger partial charge in [-0.25, -0.2) is 4.79 Å². The van der Waals surface area contributed by atoms with Crippen LogP contribution in [0.25, 0.3) is 28.7 Å². The van der Waals surface area contributed by atoms with E-state index in [0.29, 0.717) is 5.56 Å². The molecule has 31 heteroatoms. The van der Waals surface area contributed by atoms with Gasteiger partial charge in [0.05, 0.1) is 25.9 Å². The van der Waals surface area contributed by atoms with Gasteiger partial charge in [-0.15, -0.1) is 0 Å². The molecule has 4 saturated heterocycles. The molecule has 454 valence electrons.